The molecule has 3 aromatic rings. The lowest BCUT2D eigenvalue weighted by atomic mass is 9.93. The number of rotatable bonds is 4. The summed E-state index contributed by atoms with van der Waals surface area (Å²) < 4.78 is 11.3. The molecule has 0 radical (unpaired) electrons. The molecule has 4 rings (SSSR count). The van der Waals surface area contributed by atoms with Crippen LogP contribution in [0.25, 0.3) is 10.8 Å². The van der Waals surface area contributed by atoms with Crippen molar-refractivity contribution in [3.05, 3.63) is 65.5 Å². The zero-order chi connectivity index (χ0) is 19.0. The maximum Gasteiger partial charge on any atom is 0.276 e. The number of carbonyl (C=O) groups is 1. The summed E-state index contributed by atoms with van der Waals surface area (Å²) in [6, 6.07) is 16.3. The predicted molar refractivity (Wildman–Crippen MR) is 104 cm³/mol. The fraction of sp³-hybridized carbons (Fsp3) is 0.364. The normalized spacial score (nSPS) is 15.1. The molecule has 5 nitrogen and oxygen atoms in total. The number of amides is 1. The number of carbonyl (C=O) groups excluding carboxylic acids is 1. The lowest BCUT2D eigenvalue weighted by Crippen LogP contribution is -2.54. The van der Waals surface area contributed by atoms with Crippen molar-refractivity contribution in [2.75, 3.05) is 13.1 Å². The minimum absolute atomic E-state index is 0.0573. The van der Waals surface area contributed by atoms with Crippen molar-refractivity contribution in [1.29, 1.82) is 0 Å². The molecule has 0 saturated carbocycles. The summed E-state index contributed by atoms with van der Waals surface area (Å²) in [5.41, 5.74) is 1.38. The van der Waals surface area contributed by atoms with Gasteiger partial charge in [0.2, 0.25) is 0 Å². The van der Waals surface area contributed by atoms with E-state index in [-0.39, 0.29) is 17.4 Å². The summed E-state index contributed by atoms with van der Waals surface area (Å²) >= 11 is 0. The second-order valence-electron chi connectivity index (χ2n) is 8.11. The number of benzene rings is 2. The molecule has 0 aliphatic carbocycles. The van der Waals surface area contributed by atoms with Crippen LogP contribution in [0, 0.1) is 0 Å². The first-order valence-corrected chi connectivity index (χ1v) is 9.26. The van der Waals surface area contributed by atoms with Gasteiger partial charge in [-0.3, -0.25) is 4.79 Å². The average Bonchev–Trinajstić information content (AvgIpc) is 3.11. The summed E-state index contributed by atoms with van der Waals surface area (Å²) in [5, 5.41) is 6.36. The average molecular weight is 364 g/mol. The quantitative estimate of drug-likeness (QED) is 0.697. The van der Waals surface area contributed by atoms with Crippen molar-refractivity contribution in [3.63, 3.8) is 0 Å². The maximum atomic E-state index is 12.5. The van der Waals surface area contributed by atoms with Crippen molar-refractivity contribution in [1.82, 2.24) is 10.1 Å². The Hall–Kier alpha value is -2.66. The van der Waals surface area contributed by atoms with Gasteiger partial charge in [0.25, 0.3) is 5.91 Å². The van der Waals surface area contributed by atoms with Crippen LogP contribution in [0.3, 0.4) is 0 Å². The third-order valence-corrected chi connectivity index (χ3v) is 4.96. The zero-order valence-corrected chi connectivity index (χ0v) is 15.9. The van der Waals surface area contributed by atoms with Gasteiger partial charge < -0.3 is 14.2 Å². The molecule has 27 heavy (non-hydrogen) atoms. The molecular weight excluding hydrogens is 340 g/mol. The van der Waals surface area contributed by atoms with E-state index < -0.39 is 0 Å². The SMILES string of the molecule is CC(C)(C)c1cc(C(=O)N2CC(OCc3cccc4ccccc34)C2)no1. The number of ether oxygens (including phenoxy) is 1. The molecule has 0 N–H and O–H groups in total. The predicted octanol–water partition coefficient (Wildman–Crippen LogP) is 4.17. The van der Waals surface area contributed by atoms with Crippen molar-refractivity contribution < 1.29 is 14.1 Å². The van der Waals surface area contributed by atoms with Crippen LogP contribution in [0.5, 0.6) is 0 Å². The summed E-state index contributed by atoms with van der Waals surface area (Å²) in [6.45, 7) is 7.81. The number of fused-ring (bicyclic) bond motifs is 1. The Morgan fingerprint density at radius 3 is 2.67 bits per heavy atom. The molecule has 0 atom stereocenters. The van der Waals surface area contributed by atoms with Crippen molar-refractivity contribution in [2.45, 2.75) is 38.9 Å². The fourth-order valence-corrected chi connectivity index (χ4v) is 3.23. The minimum atomic E-state index is -0.162. The van der Waals surface area contributed by atoms with Crippen LogP contribution in [-0.4, -0.2) is 35.2 Å². The van der Waals surface area contributed by atoms with E-state index in [0.717, 1.165) is 5.76 Å². The molecule has 5 heteroatoms. The smallest absolute Gasteiger partial charge is 0.276 e. The maximum absolute atomic E-state index is 12.5. The lowest BCUT2D eigenvalue weighted by Gasteiger charge is -2.38. The molecule has 0 spiro atoms. The molecule has 2 aromatic carbocycles. The Balaban J connectivity index is 1.33. The van der Waals surface area contributed by atoms with E-state index in [4.69, 9.17) is 9.26 Å². The second-order valence-corrected chi connectivity index (χ2v) is 8.11. The van der Waals surface area contributed by atoms with E-state index in [0.29, 0.717) is 25.4 Å². The lowest BCUT2D eigenvalue weighted by molar-refractivity contribution is -0.0502. The number of hydrogen-bond donors (Lipinski definition) is 0. The Kier molecular flexibility index (Phi) is 4.48. The highest BCUT2D eigenvalue weighted by Gasteiger charge is 2.34. The largest absolute Gasteiger partial charge is 0.370 e. The van der Waals surface area contributed by atoms with Crippen LogP contribution in [0.4, 0.5) is 0 Å². The van der Waals surface area contributed by atoms with E-state index >= 15 is 0 Å². The third-order valence-electron chi connectivity index (χ3n) is 4.96. The van der Waals surface area contributed by atoms with Gasteiger partial charge in [-0.05, 0) is 16.3 Å². The first kappa shape index (κ1) is 17.7. The van der Waals surface area contributed by atoms with Crippen LogP contribution in [0.15, 0.2) is 53.1 Å². The van der Waals surface area contributed by atoms with Crippen LogP contribution >= 0.6 is 0 Å². The minimum Gasteiger partial charge on any atom is -0.370 e. The Labute approximate surface area is 158 Å². The standard InChI is InChI=1S/C22H24N2O3/c1-22(2,3)20-11-19(23-27-20)21(25)24-12-17(13-24)26-14-16-9-6-8-15-7-4-5-10-18(15)16/h4-11,17H,12-14H2,1-3H3. The van der Waals surface area contributed by atoms with Crippen LogP contribution in [-0.2, 0) is 16.8 Å². The van der Waals surface area contributed by atoms with Gasteiger partial charge >= 0.3 is 0 Å². The second kappa shape index (κ2) is 6.82. The van der Waals surface area contributed by atoms with Gasteiger partial charge in [-0.1, -0.05) is 68.4 Å². The van der Waals surface area contributed by atoms with Crippen LogP contribution < -0.4 is 0 Å². The van der Waals surface area contributed by atoms with E-state index in [1.807, 2.05) is 32.9 Å². The Morgan fingerprint density at radius 1 is 1.19 bits per heavy atom. The number of nitrogens with zero attached hydrogens (tertiary/aromatic N) is 2. The highest BCUT2D eigenvalue weighted by Crippen LogP contribution is 2.25. The van der Waals surface area contributed by atoms with Crippen LogP contribution in [0.1, 0.15) is 42.6 Å². The molecule has 1 aliphatic rings. The molecule has 140 valence electrons. The third kappa shape index (κ3) is 3.60. The first-order chi connectivity index (χ1) is 12.9. The Bertz CT molecular complexity index is 960. The first-order valence-electron chi connectivity index (χ1n) is 9.26. The molecule has 1 aromatic heterocycles. The number of aromatic nitrogens is 1. The molecule has 1 amide bonds. The molecule has 2 heterocycles. The molecule has 0 bridgehead atoms. The van der Waals surface area contributed by atoms with E-state index in [2.05, 4.69) is 35.5 Å². The van der Waals surface area contributed by atoms with Gasteiger partial charge in [-0.15, -0.1) is 0 Å². The van der Waals surface area contributed by atoms with Gasteiger partial charge in [-0.2, -0.15) is 0 Å². The highest BCUT2D eigenvalue weighted by atomic mass is 16.5. The summed E-state index contributed by atoms with van der Waals surface area (Å²) in [6.07, 6.45) is 0.0573. The van der Waals surface area contributed by atoms with Gasteiger partial charge in [0.05, 0.1) is 12.7 Å². The van der Waals surface area contributed by atoms with Crippen molar-refractivity contribution >= 4 is 16.7 Å². The summed E-state index contributed by atoms with van der Waals surface area (Å²) in [4.78, 5) is 14.3. The molecule has 1 aliphatic heterocycles. The molecule has 1 fully saturated rings. The molecular formula is C22H24N2O3. The number of likely N-dealkylation sites (tertiary alicyclic amines) is 1. The topological polar surface area (TPSA) is 55.6 Å². The monoisotopic (exact) mass is 364 g/mol. The van der Waals surface area contributed by atoms with E-state index in [1.165, 1.54) is 16.3 Å². The Morgan fingerprint density at radius 2 is 1.93 bits per heavy atom. The molecule has 0 unspecified atom stereocenters. The summed E-state index contributed by atoms with van der Waals surface area (Å²) in [5.74, 6) is 0.620. The highest BCUT2D eigenvalue weighted by molar-refractivity contribution is 5.93. The summed E-state index contributed by atoms with van der Waals surface area (Å²) in [7, 11) is 0. The van der Waals surface area contributed by atoms with Gasteiger partial charge in [-0.25, -0.2) is 0 Å². The van der Waals surface area contributed by atoms with Gasteiger partial charge in [0.1, 0.15) is 5.76 Å². The van der Waals surface area contributed by atoms with Crippen molar-refractivity contribution in [3.8, 4) is 0 Å². The molecule has 1 saturated heterocycles. The van der Waals surface area contributed by atoms with E-state index in [1.54, 1.807) is 11.0 Å². The fourth-order valence-electron chi connectivity index (χ4n) is 3.23. The van der Waals surface area contributed by atoms with Crippen molar-refractivity contribution in [2.24, 2.45) is 0 Å². The van der Waals surface area contributed by atoms with Crippen LogP contribution in [0.2, 0.25) is 0 Å². The zero-order valence-electron chi connectivity index (χ0n) is 15.9. The van der Waals surface area contributed by atoms with E-state index in [9.17, 15) is 4.79 Å². The van der Waals surface area contributed by atoms with Gasteiger partial charge in [0, 0.05) is 24.6 Å². The van der Waals surface area contributed by atoms with Gasteiger partial charge in [0.15, 0.2) is 5.69 Å². The number of hydrogen-bond acceptors (Lipinski definition) is 4.